The smallest absolute Gasteiger partial charge is 0.241 e. The number of nitrogens with zero attached hydrogens (tertiary/aromatic N) is 3. The number of nitrogens with one attached hydrogen (secondary N) is 1. The van der Waals surface area contributed by atoms with Gasteiger partial charge in [0.2, 0.25) is 5.91 Å². The quantitative estimate of drug-likeness (QED) is 0.683. The Balaban J connectivity index is 2.50. The molecule has 0 spiro atoms. The van der Waals surface area contributed by atoms with Gasteiger partial charge in [-0.2, -0.15) is 0 Å². The van der Waals surface area contributed by atoms with Crippen molar-refractivity contribution in [1.82, 2.24) is 14.9 Å². The maximum absolute atomic E-state index is 11.2. The zero-order valence-electron chi connectivity index (χ0n) is 8.19. The molecule has 0 atom stereocenters. The van der Waals surface area contributed by atoms with Crippen LogP contribution in [0.25, 0.3) is 0 Å². The number of nitrogen functional groups attached to an aromatic ring is 1. The highest BCUT2D eigenvalue weighted by atomic mass is 16.2. The van der Waals surface area contributed by atoms with E-state index in [1.807, 2.05) is 0 Å². The zero-order chi connectivity index (χ0) is 10.6. The van der Waals surface area contributed by atoms with Gasteiger partial charge < -0.3 is 16.0 Å². The molecule has 76 valence electrons. The van der Waals surface area contributed by atoms with Crippen LogP contribution in [0.3, 0.4) is 0 Å². The molecule has 0 unspecified atom stereocenters. The summed E-state index contributed by atoms with van der Waals surface area (Å²) in [5.41, 5.74) is 5.44. The fourth-order valence-electron chi connectivity index (χ4n) is 0.793. The first kappa shape index (κ1) is 10.2. The molecule has 1 heterocycles. The van der Waals surface area contributed by atoms with Crippen molar-refractivity contribution in [2.75, 3.05) is 31.7 Å². The third kappa shape index (κ3) is 2.89. The number of rotatable bonds is 3. The summed E-state index contributed by atoms with van der Waals surface area (Å²) >= 11 is 0. The summed E-state index contributed by atoms with van der Waals surface area (Å²) in [6.07, 6.45) is 1.35. The van der Waals surface area contributed by atoms with Gasteiger partial charge in [-0.1, -0.05) is 0 Å². The first-order valence-electron chi connectivity index (χ1n) is 4.11. The van der Waals surface area contributed by atoms with Crippen molar-refractivity contribution >= 4 is 17.5 Å². The summed E-state index contributed by atoms with van der Waals surface area (Å²) in [6, 6.07) is 1.57. The SMILES string of the molecule is CN(C)C(=O)CNc1cc(N)ncn1. The van der Waals surface area contributed by atoms with Gasteiger partial charge in [-0.15, -0.1) is 0 Å². The lowest BCUT2D eigenvalue weighted by atomic mass is 10.5. The van der Waals surface area contributed by atoms with Crippen LogP contribution in [0, 0.1) is 0 Å². The second kappa shape index (κ2) is 4.40. The molecule has 0 aliphatic heterocycles. The molecule has 1 rings (SSSR count). The van der Waals surface area contributed by atoms with Crippen LogP contribution in [0.4, 0.5) is 11.6 Å². The number of likely N-dealkylation sites (N-methyl/N-ethyl adjacent to an activating group) is 1. The van der Waals surface area contributed by atoms with Crippen molar-refractivity contribution in [1.29, 1.82) is 0 Å². The Morgan fingerprint density at radius 2 is 2.29 bits per heavy atom. The van der Waals surface area contributed by atoms with Crippen LogP contribution in [-0.4, -0.2) is 41.4 Å². The van der Waals surface area contributed by atoms with E-state index in [1.54, 1.807) is 20.2 Å². The topological polar surface area (TPSA) is 84.1 Å². The Morgan fingerprint density at radius 3 is 2.86 bits per heavy atom. The number of carbonyl (C=O) groups excluding carboxylic acids is 1. The molecule has 0 saturated heterocycles. The monoisotopic (exact) mass is 195 g/mol. The zero-order valence-corrected chi connectivity index (χ0v) is 8.19. The van der Waals surface area contributed by atoms with E-state index in [2.05, 4.69) is 15.3 Å². The fraction of sp³-hybridized carbons (Fsp3) is 0.375. The van der Waals surface area contributed by atoms with Crippen molar-refractivity contribution in [3.63, 3.8) is 0 Å². The molecule has 3 N–H and O–H groups in total. The van der Waals surface area contributed by atoms with Crippen molar-refractivity contribution in [3.8, 4) is 0 Å². The molecule has 6 heteroatoms. The van der Waals surface area contributed by atoms with E-state index in [-0.39, 0.29) is 12.5 Å². The van der Waals surface area contributed by atoms with Crippen LogP contribution < -0.4 is 11.1 Å². The van der Waals surface area contributed by atoms with Gasteiger partial charge in [0.1, 0.15) is 18.0 Å². The summed E-state index contributed by atoms with van der Waals surface area (Å²) in [5.74, 6) is 0.898. The number of aromatic nitrogens is 2. The lowest BCUT2D eigenvalue weighted by Crippen LogP contribution is -2.28. The Bertz CT molecular complexity index is 325. The predicted octanol–water partition coefficient (Wildman–Crippen LogP) is -0.441. The Hall–Kier alpha value is -1.85. The van der Waals surface area contributed by atoms with Gasteiger partial charge >= 0.3 is 0 Å². The molecule has 0 aromatic carbocycles. The molecule has 1 amide bonds. The van der Waals surface area contributed by atoms with Gasteiger partial charge in [0.15, 0.2) is 0 Å². The van der Waals surface area contributed by atoms with Crippen molar-refractivity contribution < 1.29 is 4.79 Å². The maximum atomic E-state index is 11.2. The fourth-order valence-corrected chi connectivity index (χ4v) is 0.793. The lowest BCUT2D eigenvalue weighted by Gasteiger charge is -2.10. The molecule has 0 radical (unpaired) electrons. The molecule has 1 aromatic heterocycles. The van der Waals surface area contributed by atoms with Gasteiger partial charge in [0.05, 0.1) is 6.54 Å². The van der Waals surface area contributed by atoms with Crippen LogP contribution in [0.2, 0.25) is 0 Å². The molecule has 0 saturated carbocycles. The second-order valence-electron chi connectivity index (χ2n) is 2.97. The predicted molar refractivity (Wildman–Crippen MR) is 53.6 cm³/mol. The highest BCUT2D eigenvalue weighted by Crippen LogP contribution is 2.03. The van der Waals surface area contributed by atoms with Crippen molar-refractivity contribution in [2.45, 2.75) is 0 Å². The summed E-state index contributed by atoms with van der Waals surface area (Å²) in [4.78, 5) is 20.3. The van der Waals surface area contributed by atoms with E-state index in [9.17, 15) is 4.79 Å². The minimum atomic E-state index is -0.0258. The molecule has 14 heavy (non-hydrogen) atoms. The molecule has 0 bridgehead atoms. The van der Waals surface area contributed by atoms with Gasteiger partial charge in [0.25, 0.3) is 0 Å². The normalized spacial score (nSPS) is 9.57. The lowest BCUT2D eigenvalue weighted by molar-refractivity contribution is -0.126. The van der Waals surface area contributed by atoms with Gasteiger partial charge in [-0.3, -0.25) is 4.79 Å². The highest BCUT2D eigenvalue weighted by molar-refractivity contribution is 5.80. The van der Waals surface area contributed by atoms with E-state index in [0.717, 1.165) is 0 Å². The number of carbonyl (C=O) groups is 1. The van der Waals surface area contributed by atoms with E-state index in [1.165, 1.54) is 11.2 Å². The van der Waals surface area contributed by atoms with Crippen LogP contribution in [0.1, 0.15) is 0 Å². The number of hydrogen-bond acceptors (Lipinski definition) is 5. The number of anilines is 2. The minimum Gasteiger partial charge on any atom is -0.384 e. The molecule has 0 aliphatic carbocycles. The molecule has 6 nitrogen and oxygen atoms in total. The van der Waals surface area contributed by atoms with Gasteiger partial charge in [-0.05, 0) is 0 Å². The summed E-state index contributed by atoms with van der Waals surface area (Å²) in [6.45, 7) is 0.198. The average molecular weight is 195 g/mol. The molecule has 0 fully saturated rings. The molecule has 1 aromatic rings. The van der Waals surface area contributed by atoms with Gasteiger partial charge in [0, 0.05) is 20.2 Å². The van der Waals surface area contributed by atoms with Crippen molar-refractivity contribution in [3.05, 3.63) is 12.4 Å². The second-order valence-corrected chi connectivity index (χ2v) is 2.97. The number of amides is 1. The third-order valence-corrected chi connectivity index (χ3v) is 1.61. The van der Waals surface area contributed by atoms with Crippen molar-refractivity contribution in [2.24, 2.45) is 0 Å². The van der Waals surface area contributed by atoms with Gasteiger partial charge in [-0.25, -0.2) is 9.97 Å². The molecular weight excluding hydrogens is 182 g/mol. The van der Waals surface area contributed by atoms with Crippen LogP contribution in [-0.2, 0) is 4.79 Å². The highest BCUT2D eigenvalue weighted by Gasteiger charge is 2.03. The first-order chi connectivity index (χ1) is 6.59. The summed E-state index contributed by atoms with van der Waals surface area (Å²) in [5, 5.41) is 2.84. The van der Waals surface area contributed by atoms with E-state index in [4.69, 9.17) is 5.73 Å². The first-order valence-corrected chi connectivity index (χ1v) is 4.11. The largest absolute Gasteiger partial charge is 0.384 e. The summed E-state index contributed by atoms with van der Waals surface area (Å²) < 4.78 is 0. The minimum absolute atomic E-state index is 0.0258. The van der Waals surface area contributed by atoms with Crippen LogP contribution in [0.15, 0.2) is 12.4 Å². The molecule has 0 aliphatic rings. The number of nitrogens with two attached hydrogens (primary N) is 1. The van der Waals surface area contributed by atoms with E-state index >= 15 is 0 Å². The van der Waals surface area contributed by atoms with Crippen LogP contribution >= 0.6 is 0 Å². The van der Waals surface area contributed by atoms with E-state index in [0.29, 0.717) is 11.6 Å². The Labute approximate surface area is 82.1 Å². The number of hydrogen-bond donors (Lipinski definition) is 2. The standard InChI is InChI=1S/C8H13N5O/c1-13(2)8(14)4-10-7-3-6(9)11-5-12-7/h3,5H,4H2,1-2H3,(H3,9,10,11,12). The summed E-state index contributed by atoms with van der Waals surface area (Å²) in [7, 11) is 3.39. The average Bonchev–Trinajstić information content (AvgIpc) is 2.14. The third-order valence-electron chi connectivity index (χ3n) is 1.61. The Morgan fingerprint density at radius 1 is 1.57 bits per heavy atom. The Kier molecular flexibility index (Phi) is 3.22. The van der Waals surface area contributed by atoms with E-state index < -0.39 is 0 Å². The maximum Gasteiger partial charge on any atom is 0.241 e. The van der Waals surface area contributed by atoms with Crippen LogP contribution in [0.5, 0.6) is 0 Å². The molecular formula is C8H13N5O.